The zero-order valence-corrected chi connectivity index (χ0v) is 18.3. The maximum absolute atomic E-state index is 13.3. The zero-order valence-electron chi connectivity index (χ0n) is 18.3. The van der Waals surface area contributed by atoms with E-state index in [1.807, 2.05) is 28.8 Å². The second-order valence-corrected chi connectivity index (χ2v) is 10.7. The standard InChI is InChI=1S/C25H35N3O3/c29-16-20(30)14-27-22-3-1-2-4-23(22)28(24(27)31)19-7-11-26(12-8-19)15-21-17-5-6-18(13-17)25(21)9-10-25/h1-4,17-21,29-30H,5-16H2/t17-,18+,20+,21-/m1/s1. The summed E-state index contributed by atoms with van der Waals surface area (Å²) in [7, 11) is 0. The Morgan fingerprint density at radius 3 is 2.52 bits per heavy atom. The Balaban J connectivity index is 1.19. The molecule has 6 rings (SSSR count). The Labute approximate surface area is 183 Å². The first-order chi connectivity index (χ1) is 15.1. The molecule has 1 aromatic heterocycles. The van der Waals surface area contributed by atoms with Crippen LogP contribution in [0.5, 0.6) is 0 Å². The fraction of sp³-hybridized carbons (Fsp3) is 0.720. The van der Waals surface area contributed by atoms with Gasteiger partial charge in [0.1, 0.15) is 0 Å². The number of rotatable bonds is 6. The molecule has 2 N–H and O–H groups in total. The van der Waals surface area contributed by atoms with E-state index in [0.29, 0.717) is 0 Å². The second kappa shape index (κ2) is 7.46. The average molecular weight is 426 g/mol. The van der Waals surface area contributed by atoms with Crippen molar-refractivity contribution in [1.82, 2.24) is 14.0 Å². The molecule has 6 heteroatoms. The summed E-state index contributed by atoms with van der Waals surface area (Å²) in [5, 5.41) is 19.2. The van der Waals surface area contributed by atoms with Gasteiger partial charge in [-0.3, -0.25) is 9.13 Å². The fourth-order valence-corrected chi connectivity index (χ4v) is 7.60. The van der Waals surface area contributed by atoms with Crippen LogP contribution in [-0.2, 0) is 6.54 Å². The molecule has 0 unspecified atom stereocenters. The van der Waals surface area contributed by atoms with E-state index in [2.05, 4.69) is 4.90 Å². The Kier molecular flexibility index (Phi) is 4.82. The van der Waals surface area contributed by atoms with Crippen LogP contribution < -0.4 is 5.69 Å². The molecular formula is C25H35N3O3. The van der Waals surface area contributed by atoms with E-state index in [0.717, 1.165) is 60.1 Å². The maximum Gasteiger partial charge on any atom is 0.329 e. The summed E-state index contributed by atoms with van der Waals surface area (Å²) in [4.78, 5) is 16.0. The van der Waals surface area contributed by atoms with E-state index in [1.54, 1.807) is 4.57 Å². The zero-order chi connectivity index (χ0) is 21.2. The molecule has 1 aromatic carbocycles. The number of aromatic nitrogens is 2. The highest BCUT2D eigenvalue weighted by Crippen LogP contribution is 2.71. The van der Waals surface area contributed by atoms with Gasteiger partial charge in [-0.25, -0.2) is 4.79 Å². The lowest BCUT2D eigenvalue weighted by atomic mass is 9.76. The molecule has 31 heavy (non-hydrogen) atoms. The van der Waals surface area contributed by atoms with Crippen molar-refractivity contribution in [2.45, 2.75) is 63.6 Å². The highest BCUT2D eigenvalue weighted by molar-refractivity contribution is 5.76. The lowest BCUT2D eigenvalue weighted by Gasteiger charge is -2.39. The van der Waals surface area contributed by atoms with Gasteiger partial charge in [-0.15, -0.1) is 0 Å². The number of nitrogens with zero attached hydrogens (tertiary/aromatic N) is 3. The number of likely N-dealkylation sites (tertiary alicyclic amines) is 1. The molecule has 4 fully saturated rings. The van der Waals surface area contributed by atoms with Crippen LogP contribution >= 0.6 is 0 Å². The number of piperidine rings is 1. The molecule has 1 aliphatic heterocycles. The molecule has 4 aliphatic rings. The third-order valence-electron chi connectivity index (χ3n) is 9.27. The third-order valence-corrected chi connectivity index (χ3v) is 9.27. The normalized spacial score (nSPS) is 31.1. The molecule has 6 nitrogen and oxygen atoms in total. The number of fused-ring (bicyclic) bond motifs is 4. The first-order valence-electron chi connectivity index (χ1n) is 12.3. The Morgan fingerprint density at radius 2 is 1.81 bits per heavy atom. The molecule has 2 heterocycles. The van der Waals surface area contributed by atoms with Crippen LogP contribution in [0.1, 0.15) is 51.0 Å². The van der Waals surface area contributed by atoms with Crippen LogP contribution in [0.15, 0.2) is 29.1 Å². The molecule has 1 spiro atoms. The Morgan fingerprint density at radius 1 is 1.06 bits per heavy atom. The Bertz CT molecular complexity index is 1010. The number of hydrogen-bond donors (Lipinski definition) is 2. The van der Waals surface area contributed by atoms with Gasteiger partial charge in [0.05, 0.1) is 30.3 Å². The monoisotopic (exact) mass is 425 g/mol. The van der Waals surface area contributed by atoms with Crippen molar-refractivity contribution in [2.24, 2.45) is 23.2 Å². The second-order valence-electron chi connectivity index (χ2n) is 10.7. The average Bonchev–Trinajstić information content (AvgIpc) is 3.21. The van der Waals surface area contributed by atoms with Crippen molar-refractivity contribution >= 4 is 11.0 Å². The van der Waals surface area contributed by atoms with Crippen molar-refractivity contribution < 1.29 is 10.2 Å². The van der Waals surface area contributed by atoms with Gasteiger partial charge in [0.2, 0.25) is 0 Å². The molecule has 2 bridgehead atoms. The van der Waals surface area contributed by atoms with Gasteiger partial charge in [-0.05, 0) is 80.2 Å². The molecule has 0 radical (unpaired) electrons. The highest BCUT2D eigenvalue weighted by Gasteiger charge is 2.63. The van der Waals surface area contributed by atoms with E-state index >= 15 is 0 Å². The molecular weight excluding hydrogens is 390 g/mol. The van der Waals surface area contributed by atoms with Gasteiger partial charge < -0.3 is 15.1 Å². The van der Waals surface area contributed by atoms with Gasteiger partial charge in [-0.1, -0.05) is 12.1 Å². The van der Waals surface area contributed by atoms with Crippen LogP contribution in [0.4, 0.5) is 0 Å². The summed E-state index contributed by atoms with van der Waals surface area (Å²) in [5.74, 6) is 2.93. The number of para-hydroxylation sites is 2. The van der Waals surface area contributed by atoms with E-state index < -0.39 is 6.10 Å². The van der Waals surface area contributed by atoms with E-state index in [1.165, 1.54) is 38.6 Å². The largest absolute Gasteiger partial charge is 0.394 e. The number of hydrogen-bond acceptors (Lipinski definition) is 4. The summed E-state index contributed by atoms with van der Waals surface area (Å²) in [6, 6.07) is 8.06. The van der Waals surface area contributed by atoms with Crippen LogP contribution in [-0.4, -0.2) is 56.6 Å². The van der Waals surface area contributed by atoms with E-state index in [-0.39, 0.29) is 24.9 Å². The maximum atomic E-state index is 13.3. The number of benzene rings is 1. The van der Waals surface area contributed by atoms with Gasteiger partial charge in [0.15, 0.2) is 0 Å². The molecule has 3 saturated carbocycles. The van der Waals surface area contributed by atoms with Crippen LogP contribution in [0.2, 0.25) is 0 Å². The van der Waals surface area contributed by atoms with Gasteiger partial charge >= 0.3 is 5.69 Å². The Hall–Kier alpha value is -1.63. The lowest BCUT2D eigenvalue weighted by molar-refractivity contribution is 0.0806. The van der Waals surface area contributed by atoms with Crippen LogP contribution in [0, 0.1) is 23.2 Å². The van der Waals surface area contributed by atoms with Crippen molar-refractivity contribution in [3.63, 3.8) is 0 Å². The summed E-state index contributed by atoms with van der Waals surface area (Å²) in [6.45, 7) is 3.20. The molecule has 168 valence electrons. The summed E-state index contributed by atoms with van der Waals surface area (Å²) in [6.07, 6.45) is 8.48. The smallest absolute Gasteiger partial charge is 0.329 e. The van der Waals surface area contributed by atoms with Crippen LogP contribution in [0.3, 0.4) is 0 Å². The van der Waals surface area contributed by atoms with Gasteiger partial charge in [0.25, 0.3) is 0 Å². The predicted octanol–water partition coefficient (Wildman–Crippen LogP) is 2.62. The van der Waals surface area contributed by atoms with Crippen molar-refractivity contribution in [1.29, 1.82) is 0 Å². The summed E-state index contributed by atoms with van der Waals surface area (Å²) >= 11 is 0. The first kappa shape index (κ1) is 20.0. The topological polar surface area (TPSA) is 70.6 Å². The lowest BCUT2D eigenvalue weighted by Crippen LogP contribution is -2.42. The molecule has 0 amide bonds. The van der Waals surface area contributed by atoms with Crippen molar-refractivity contribution in [2.75, 3.05) is 26.2 Å². The highest BCUT2D eigenvalue weighted by atomic mass is 16.3. The molecule has 4 atom stereocenters. The van der Waals surface area contributed by atoms with Gasteiger partial charge in [-0.2, -0.15) is 0 Å². The first-order valence-corrected chi connectivity index (χ1v) is 12.3. The SMILES string of the molecule is O=c1n(C[C@H](O)CO)c2ccccc2n1C1CCN(C[C@@H]2[C@@H]3CC[C@@H](C3)C23CC3)CC1. The number of imidazole rings is 1. The summed E-state index contributed by atoms with van der Waals surface area (Å²) in [5.41, 5.74) is 2.45. The van der Waals surface area contributed by atoms with E-state index in [4.69, 9.17) is 0 Å². The predicted molar refractivity (Wildman–Crippen MR) is 120 cm³/mol. The van der Waals surface area contributed by atoms with Crippen molar-refractivity contribution in [3.05, 3.63) is 34.7 Å². The minimum Gasteiger partial charge on any atom is -0.394 e. The molecule has 2 aromatic rings. The van der Waals surface area contributed by atoms with E-state index in [9.17, 15) is 15.0 Å². The van der Waals surface area contributed by atoms with Crippen LogP contribution in [0.25, 0.3) is 11.0 Å². The number of aliphatic hydroxyl groups excluding tert-OH is 2. The summed E-state index contributed by atoms with van der Waals surface area (Å²) < 4.78 is 3.59. The number of aliphatic hydroxyl groups is 2. The fourth-order valence-electron chi connectivity index (χ4n) is 7.60. The molecule has 3 aliphatic carbocycles. The minimum atomic E-state index is -0.921. The molecule has 1 saturated heterocycles. The minimum absolute atomic E-state index is 0.0582. The van der Waals surface area contributed by atoms with Crippen molar-refractivity contribution in [3.8, 4) is 0 Å². The van der Waals surface area contributed by atoms with Gasteiger partial charge in [0, 0.05) is 25.7 Å². The third kappa shape index (κ3) is 3.13. The quantitative estimate of drug-likeness (QED) is 0.747.